The minimum absolute atomic E-state index is 0.105. The molecule has 2 heterocycles. The molecule has 0 saturated heterocycles. The van der Waals surface area contributed by atoms with Crippen molar-refractivity contribution in [1.82, 2.24) is 20.0 Å². The van der Waals surface area contributed by atoms with E-state index in [2.05, 4.69) is 20.6 Å². The molecule has 7 nitrogen and oxygen atoms in total. The first-order valence-corrected chi connectivity index (χ1v) is 7.77. The molecule has 0 aliphatic carbocycles. The van der Waals surface area contributed by atoms with Crippen LogP contribution in [0.4, 0.5) is 10.9 Å². The lowest BCUT2D eigenvalue weighted by Gasteiger charge is -2.14. The summed E-state index contributed by atoms with van der Waals surface area (Å²) in [6, 6.07) is 1.96. The Kier molecular flexibility index (Phi) is 4.61. The van der Waals surface area contributed by atoms with Crippen LogP contribution in [0, 0.1) is 0 Å². The number of nitrogens with one attached hydrogen (secondary N) is 1. The van der Waals surface area contributed by atoms with Gasteiger partial charge in [0.05, 0.1) is 11.4 Å². The highest BCUT2D eigenvalue weighted by atomic mass is 32.2. The van der Waals surface area contributed by atoms with Gasteiger partial charge in [0.25, 0.3) is 0 Å². The molecule has 0 aliphatic heterocycles. The van der Waals surface area contributed by atoms with E-state index in [0.29, 0.717) is 15.3 Å². The number of aromatic nitrogens is 4. The number of nitrogens with zero attached hydrogens (tertiary/aromatic N) is 4. The van der Waals surface area contributed by atoms with Gasteiger partial charge in [-0.05, 0) is 20.8 Å². The second kappa shape index (κ2) is 6.23. The van der Waals surface area contributed by atoms with Crippen molar-refractivity contribution in [2.45, 2.75) is 36.4 Å². The van der Waals surface area contributed by atoms with Crippen LogP contribution in [0.25, 0.3) is 0 Å². The van der Waals surface area contributed by atoms with E-state index in [1.54, 1.807) is 16.9 Å². The van der Waals surface area contributed by atoms with Crippen molar-refractivity contribution in [2.24, 2.45) is 0 Å². The minimum atomic E-state index is -0.294. The molecule has 0 unspecified atom stereocenters. The lowest BCUT2D eigenvalue weighted by atomic mass is 10.4. The van der Waals surface area contributed by atoms with E-state index in [-0.39, 0.29) is 17.2 Å². The van der Waals surface area contributed by atoms with Gasteiger partial charge in [-0.1, -0.05) is 23.1 Å². The lowest BCUT2D eigenvalue weighted by molar-refractivity contribution is -0.115. The molecule has 2 aromatic rings. The van der Waals surface area contributed by atoms with Crippen molar-refractivity contribution >= 4 is 40.0 Å². The Morgan fingerprint density at radius 3 is 2.80 bits per heavy atom. The Morgan fingerprint density at radius 1 is 1.45 bits per heavy atom. The predicted octanol–water partition coefficient (Wildman–Crippen LogP) is 2.02. The van der Waals surface area contributed by atoms with Gasteiger partial charge in [-0.3, -0.25) is 4.79 Å². The van der Waals surface area contributed by atoms with Gasteiger partial charge in [0.1, 0.15) is 5.82 Å². The first kappa shape index (κ1) is 14.8. The highest BCUT2D eigenvalue weighted by Crippen LogP contribution is 2.28. The van der Waals surface area contributed by atoms with Crippen LogP contribution in [0.5, 0.6) is 0 Å². The summed E-state index contributed by atoms with van der Waals surface area (Å²) in [6.45, 7) is 5.82. The standard InChI is InChI=1S/C11H16N6OS2/c1-6(2)17-8(4-5-13-17)14-9(18)7(3)19-11-16-15-10(12)20-11/h4-7H,1-3H3,(H2,12,15)(H,14,18)/t7-/m0/s1. The summed E-state index contributed by atoms with van der Waals surface area (Å²) >= 11 is 2.60. The van der Waals surface area contributed by atoms with E-state index < -0.39 is 0 Å². The average molecular weight is 312 g/mol. The monoisotopic (exact) mass is 312 g/mol. The van der Waals surface area contributed by atoms with Crippen LogP contribution in [-0.4, -0.2) is 31.1 Å². The van der Waals surface area contributed by atoms with Gasteiger partial charge < -0.3 is 11.1 Å². The summed E-state index contributed by atoms with van der Waals surface area (Å²) in [6.07, 6.45) is 1.67. The molecule has 2 aromatic heterocycles. The fraction of sp³-hybridized carbons (Fsp3) is 0.455. The fourth-order valence-corrected chi connectivity index (χ4v) is 3.31. The molecule has 20 heavy (non-hydrogen) atoms. The van der Waals surface area contributed by atoms with E-state index in [0.717, 1.165) is 0 Å². The number of nitrogen functional groups attached to an aromatic ring is 1. The van der Waals surface area contributed by atoms with E-state index in [1.807, 2.05) is 20.8 Å². The maximum absolute atomic E-state index is 12.1. The van der Waals surface area contributed by atoms with Gasteiger partial charge in [-0.2, -0.15) is 5.10 Å². The van der Waals surface area contributed by atoms with Crippen molar-refractivity contribution in [1.29, 1.82) is 0 Å². The number of anilines is 2. The van der Waals surface area contributed by atoms with Crippen LogP contribution >= 0.6 is 23.1 Å². The van der Waals surface area contributed by atoms with Gasteiger partial charge >= 0.3 is 0 Å². The number of amides is 1. The van der Waals surface area contributed by atoms with E-state index in [9.17, 15) is 4.79 Å². The highest BCUT2D eigenvalue weighted by Gasteiger charge is 2.18. The molecule has 0 spiro atoms. The molecular formula is C11H16N6OS2. The molecule has 2 rings (SSSR count). The van der Waals surface area contributed by atoms with Crippen molar-refractivity contribution in [3.8, 4) is 0 Å². The third-order valence-corrected chi connectivity index (χ3v) is 4.42. The molecule has 108 valence electrons. The number of hydrogen-bond acceptors (Lipinski definition) is 7. The summed E-state index contributed by atoms with van der Waals surface area (Å²) in [7, 11) is 0. The number of carbonyl (C=O) groups excluding carboxylic acids is 1. The molecule has 1 amide bonds. The number of hydrogen-bond donors (Lipinski definition) is 2. The van der Waals surface area contributed by atoms with E-state index >= 15 is 0 Å². The van der Waals surface area contributed by atoms with E-state index in [1.165, 1.54) is 23.1 Å². The summed E-state index contributed by atoms with van der Waals surface area (Å²) < 4.78 is 2.45. The van der Waals surface area contributed by atoms with Gasteiger partial charge in [0.15, 0.2) is 4.34 Å². The third-order valence-electron chi connectivity index (χ3n) is 2.48. The van der Waals surface area contributed by atoms with Crippen molar-refractivity contribution < 1.29 is 4.79 Å². The Balaban J connectivity index is 1.99. The number of nitrogens with two attached hydrogens (primary N) is 1. The van der Waals surface area contributed by atoms with Crippen LogP contribution < -0.4 is 11.1 Å². The fourth-order valence-electron chi connectivity index (χ4n) is 1.53. The molecule has 0 saturated carbocycles. The molecule has 0 aromatic carbocycles. The Bertz CT molecular complexity index is 593. The molecule has 1 atom stereocenters. The molecule has 0 fully saturated rings. The average Bonchev–Trinajstić information content (AvgIpc) is 2.98. The first-order chi connectivity index (χ1) is 9.47. The second-order valence-corrected chi connectivity index (χ2v) is 7.01. The zero-order chi connectivity index (χ0) is 14.7. The van der Waals surface area contributed by atoms with Crippen LogP contribution in [-0.2, 0) is 4.79 Å². The predicted molar refractivity (Wildman–Crippen MR) is 80.9 cm³/mol. The SMILES string of the molecule is CC(C)n1nccc1NC(=O)[C@H](C)Sc1nnc(N)s1. The van der Waals surface area contributed by atoms with Crippen LogP contribution in [0.15, 0.2) is 16.6 Å². The Hall–Kier alpha value is -1.61. The largest absolute Gasteiger partial charge is 0.374 e. The normalized spacial score (nSPS) is 12.6. The lowest BCUT2D eigenvalue weighted by Crippen LogP contribution is -2.24. The molecule has 9 heteroatoms. The second-order valence-electron chi connectivity index (χ2n) is 4.41. The number of thioether (sulfide) groups is 1. The summed E-state index contributed by atoms with van der Waals surface area (Å²) in [4.78, 5) is 12.1. The minimum Gasteiger partial charge on any atom is -0.374 e. The maximum atomic E-state index is 12.1. The molecule has 0 radical (unpaired) electrons. The smallest absolute Gasteiger partial charge is 0.238 e. The van der Waals surface area contributed by atoms with Gasteiger partial charge in [-0.15, -0.1) is 10.2 Å². The number of rotatable bonds is 5. The van der Waals surface area contributed by atoms with E-state index in [4.69, 9.17) is 5.73 Å². The third kappa shape index (κ3) is 3.48. The zero-order valence-electron chi connectivity index (χ0n) is 11.4. The van der Waals surface area contributed by atoms with Crippen LogP contribution in [0.3, 0.4) is 0 Å². The van der Waals surface area contributed by atoms with Crippen molar-refractivity contribution in [3.05, 3.63) is 12.3 Å². The Labute approximate surface area is 125 Å². The van der Waals surface area contributed by atoms with Crippen LogP contribution in [0.2, 0.25) is 0 Å². The quantitative estimate of drug-likeness (QED) is 0.819. The van der Waals surface area contributed by atoms with Gasteiger partial charge in [-0.25, -0.2) is 4.68 Å². The highest BCUT2D eigenvalue weighted by molar-refractivity contribution is 8.02. The van der Waals surface area contributed by atoms with Gasteiger partial charge in [0.2, 0.25) is 11.0 Å². The Morgan fingerprint density at radius 2 is 2.20 bits per heavy atom. The summed E-state index contributed by atoms with van der Waals surface area (Å²) in [5, 5.41) is 14.8. The molecule has 0 bridgehead atoms. The van der Waals surface area contributed by atoms with Crippen LogP contribution in [0.1, 0.15) is 26.8 Å². The summed E-state index contributed by atoms with van der Waals surface area (Å²) in [5.41, 5.74) is 5.51. The number of carbonyl (C=O) groups is 1. The summed E-state index contributed by atoms with van der Waals surface area (Å²) in [5.74, 6) is 0.584. The molecule has 3 N–H and O–H groups in total. The zero-order valence-corrected chi connectivity index (χ0v) is 13.0. The first-order valence-electron chi connectivity index (χ1n) is 6.07. The van der Waals surface area contributed by atoms with Gasteiger partial charge in [0, 0.05) is 12.1 Å². The molecular weight excluding hydrogens is 296 g/mol. The topological polar surface area (TPSA) is 98.7 Å². The van der Waals surface area contributed by atoms with Crippen molar-refractivity contribution in [3.63, 3.8) is 0 Å². The maximum Gasteiger partial charge on any atom is 0.238 e. The van der Waals surface area contributed by atoms with Crippen molar-refractivity contribution in [2.75, 3.05) is 11.1 Å². The molecule has 0 aliphatic rings.